The van der Waals surface area contributed by atoms with Crippen molar-refractivity contribution >= 4 is 11.8 Å². The van der Waals surface area contributed by atoms with E-state index in [1.807, 2.05) is 6.07 Å². The lowest BCUT2D eigenvalue weighted by molar-refractivity contribution is 0.00576. The van der Waals surface area contributed by atoms with Crippen molar-refractivity contribution in [3.8, 4) is 6.07 Å². The van der Waals surface area contributed by atoms with Crippen molar-refractivity contribution in [3.63, 3.8) is 0 Å². The van der Waals surface area contributed by atoms with Crippen LogP contribution < -0.4 is 10.2 Å². The average Bonchev–Trinajstić information content (AvgIpc) is 3.44. The number of halogens is 3. The summed E-state index contributed by atoms with van der Waals surface area (Å²) in [7, 11) is 1.38. The van der Waals surface area contributed by atoms with Gasteiger partial charge in [-0.25, -0.2) is 18.0 Å². The molecule has 6 rings (SSSR count). The van der Waals surface area contributed by atoms with Crippen LogP contribution in [0.2, 0.25) is 0 Å². The van der Waals surface area contributed by atoms with Gasteiger partial charge in [0.25, 0.3) is 0 Å². The van der Waals surface area contributed by atoms with Gasteiger partial charge in [-0.15, -0.1) is 0 Å². The molecule has 2 aromatic rings. The molecule has 1 N–H and O–H groups in total. The highest BCUT2D eigenvalue weighted by molar-refractivity contribution is 5.67. The number of rotatable bonds is 9. The number of nitrogens with one attached hydrogen (secondary N) is 1. The molecule has 3 atom stereocenters. The van der Waals surface area contributed by atoms with Crippen LogP contribution in [-0.2, 0) is 10.2 Å². The maximum atomic E-state index is 15.9. The molecule has 3 aliphatic heterocycles. The summed E-state index contributed by atoms with van der Waals surface area (Å²) in [6, 6.07) is 13.2. The maximum Gasteiger partial charge on any atom is 0.407 e. The Labute approximate surface area is 257 Å². The van der Waals surface area contributed by atoms with Gasteiger partial charge >= 0.3 is 6.09 Å². The van der Waals surface area contributed by atoms with Crippen molar-refractivity contribution in [2.45, 2.75) is 55.7 Å². The molecule has 7 nitrogen and oxygen atoms in total. The van der Waals surface area contributed by atoms with Crippen LogP contribution in [0.3, 0.4) is 0 Å². The Morgan fingerprint density at radius 2 is 1.82 bits per heavy atom. The summed E-state index contributed by atoms with van der Waals surface area (Å²) in [4.78, 5) is 18.7. The van der Waals surface area contributed by atoms with E-state index in [-0.39, 0.29) is 54.3 Å². The zero-order valence-electron chi connectivity index (χ0n) is 25.4. The topological polar surface area (TPSA) is 71.8 Å². The van der Waals surface area contributed by atoms with E-state index >= 15 is 4.39 Å². The number of hydrogen-bond donors (Lipinski definition) is 1. The molecule has 4 aliphatic rings. The minimum Gasteiger partial charge on any atom is -0.453 e. The molecule has 1 aliphatic carbocycles. The first kappa shape index (κ1) is 30.7. The molecule has 0 aromatic heterocycles. The Morgan fingerprint density at radius 3 is 2.45 bits per heavy atom. The number of amides is 1. The normalized spacial score (nSPS) is 25.4. The van der Waals surface area contributed by atoms with Gasteiger partial charge < -0.3 is 19.9 Å². The summed E-state index contributed by atoms with van der Waals surface area (Å²) in [5, 5.41) is 12.1. The van der Waals surface area contributed by atoms with Crippen LogP contribution in [0.5, 0.6) is 0 Å². The number of alkyl carbamates (subject to hydrolysis) is 1. The third-order valence-electron chi connectivity index (χ3n) is 10.7. The van der Waals surface area contributed by atoms with Gasteiger partial charge in [-0.3, -0.25) is 4.90 Å². The molecule has 1 saturated carbocycles. The monoisotopic (exact) mass is 609 g/mol. The highest BCUT2D eigenvalue weighted by Crippen LogP contribution is 2.51. The fourth-order valence-corrected chi connectivity index (χ4v) is 8.49. The van der Waals surface area contributed by atoms with Gasteiger partial charge in [0.15, 0.2) is 5.67 Å². The Hall–Kier alpha value is -3.29. The Kier molecular flexibility index (Phi) is 8.80. The van der Waals surface area contributed by atoms with Crippen LogP contribution in [0.1, 0.15) is 49.7 Å². The molecule has 0 spiro atoms. The van der Waals surface area contributed by atoms with Gasteiger partial charge in [0.2, 0.25) is 0 Å². The van der Waals surface area contributed by atoms with Crippen molar-refractivity contribution < 1.29 is 22.7 Å². The minimum atomic E-state index is -1.44. The zero-order chi connectivity index (χ0) is 30.9. The highest BCUT2D eigenvalue weighted by atomic mass is 19.1. The van der Waals surface area contributed by atoms with Gasteiger partial charge in [0, 0.05) is 24.5 Å². The van der Waals surface area contributed by atoms with E-state index in [0.29, 0.717) is 5.69 Å². The first-order valence-corrected chi connectivity index (χ1v) is 15.9. The first-order valence-electron chi connectivity index (χ1n) is 15.9. The molecule has 0 unspecified atom stereocenters. The van der Waals surface area contributed by atoms with Crippen molar-refractivity contribution in [3.05, 3.63) is 65.2 Å². The number of ether oxygens (including phenoxy) is 1. The summed E-state index contributed by atoms with van der Waals surface area (Å²) < 4.78 is 50.2. The van der Waals surface area contributed by atoms with Crippen LogP contribution in [0.25, 0.3) is 0 Å². The molecule has 236 valence electrons. The minimum absolute atomic E-state index is 0.0669. The number of alkyl halides is 1. The number of carbonyl (C=O) groups excluding carboxylic acids is 1. The summed E-state index contributed by atoms with van der Waals surface area (Å²) in [5.41, 5.74) is -0.244. The maximum absolute atomic E-state index is 15.9. The Balaban J connectivity index is 1.19. The number of carbonyl (C=O) groups is 1. The summed E-state index contributed by atoms with van der Waals surface area (Å²) >= 11 is 0. The Bertz CT molecular complexity index is 1380. The molecule has 0 radical (unpaired) electrons. The molecule has 3 heterocycles. The van der Waals surface area contributed by atoms with E-state index in [0.717, 1.165) is 76.8 Å². The zero-order valence-corrected chi connectivity index (χ0v) is 25.4. The van der Waals surface area contributed by atoms with E-state index in [1.165, 1.54) is 19.2 Å². The molecule has 0 bridgehead atoms. The predicted molar refractivity (Wildman–Crippen MR) is 162 cm³/mol. The lowest BCUT2D eigenvalue weighted by Crippen LogP contribution is -2.65. The smallest absolute Gasteiger partial charge is 0.407 e. The molecule has 10 heteroatoms. The lowest BCUT2D eigenvalue weighted by atomic mass is 9.57. The van der Waals surface area contributed by atoms with Crippen LogP contribution in [-0.4, -0.2) is 87.1 Å². The third-order valence-corrected chi connectivity index (χ3v) is 10.7. The summed E-state index contributed by atoms with van der Waals surface area (Å²) in [6.45, 7) is 4.78. The van der Waals surface area contributed by atoms with E-state index in [1.54, 1.807) is 29.2 Å². The molecule has 2 aromatic carbocycles. The number of anilines is 1. The van der Waals surface area contributed by atoms with E-state index in [4.69, 9.17) is 10.00 Å². The average molecular weight is 610 g/mol. The molecular weight excluding hydrogens is 567 g/mol. The number of hydrogen-bond acceptors (Lipinski definition) is 6. The number of likely N-dealkylation sites (tertiary alicyclic amines) is 2. The number of nitrogens with zero attached hydrogens (tertiary/aromatic N) is 4. The van der Waals surface area contributed by atoms with Gasteiger partial charge in [0.1, 0.15) is 11.6 Å². The molecule has 44 heavy (non-hydrogen) atoms. The quantitative estimate of drug-likeness (QED) is 0.419. The van der Waals surface area contributed by atoms with E-state index in [9.17, 15) is 13.6 Å². The number of piperidine rings is 1. The summed E-state index contributed by atoms with van der Waals surface area (Å²) in [5.74, 6) is -0.409. The van der Waals surface area contributed by atoms with Crippen LogP contribution >= 0.6 is 0 Å². The SMILES string of the molecule is COC(=O)N[C@H]1CCC[C@@H]1[C@](CN1CCC1)(c1cccc(F)c1)C1CCN(CC2(F)CN(c3ccc(C#N)cc3F)C2)CC1. The van der Waals surface area contributed by atoms with E-state index < -0.39 is 17.6 Å². The van der Waals surface area contributed by atoms with Gasteiger partial charge in [-0.05, 0) is 106 Å². The van der Waals surface area contributed by atoms with Crippen LogP contribution in [0, 0.1) is 34.8 Å². The van der Waals surface area contributed by atoms with Crippen LogP contribution in [0.4, 0.5) is 23.7 Å². The third kappa shape index (κ3) is 6.01. The fraction of sp³-hybridized carbons (Fsp3) is 0.588. The van der Waals surface area contributed by atoms with Crippen molar-refractivity contribution in [2.75, 3.05) is 64.4 Å². The fourth-order valence-electron chi connectivity index (χ4n) is 8.49. The first-order chi connectivity index (χ1) is 21.2. The van der Waals surface area contributed by atoms with Gasteiger partial charge in [-0.2, -0.15) is 5.26 Å². The molecular formula is C34H42F3N5O2. The second kappa shape index (κ2) is 12.6. The van der Waals surface area contributed by atoms with Crippen molar-refractivity contribution in [2.24, 2.45) is 11.8 Å². The standard InChI is InChI=1S/C34H42F3N5O2/c1-44-32(43)39-30-8-3-7-28(30)34(23-40-13-4-14-40,26-5-2-6-27(35)18-26)25-11-15-41(16-12-25)20-33(37)21-42(22-33)31-10-9-24(19-38)17-29(31)36/h2,5-6,9-10,17-18,25,28,30H,3-4,7-8,11-16,20-23H2,1H3,(H,39,43)/t28-,30-,34-/m0/s1. The molecule has 3 saturated heterocycles. The summed E-state index contributed by atoms with van der Waals surface area (Å²) in [6.07, 6.45) is 5.18. The number of methoxy groups -OCH3 is 1. The Morgan fingerprint density at radius 1 is 1.05 bits per heavy atom. The lowest BCUT2D eigenvalue weighted by Gasteiger charge is -2.54. The largest absolute Gasteiger partial charge is 0.453 e. The second-order valence-corrected chi connectivity index (χ2v) is 13.3. The van der Waals surface area contributed by atoms with Crippen LogP contribution in [0.15, 0.2) is 42.5 Å². The van der Waals surface area contributed by atoms with Gasteiger partial charge in [0.05, 0.1) is 37.5 Å². The van der Waals surface area contributed by atoms with E-state index in [2.05, 4.69) is 21.2 Å². The number of benzene rings is 2. The second-order valence-electron chi connectivity index (χ2n) is 13.3. The van der Waals surface area contributed by atoms with Crippen molar-refractivity contribution in [1.29, 1.82) is 5.26 Å². The molecule has 1 amide bonds. The number of nitriles is 1. The predicted octanol–water partition coefficient (Wildman–Crippen LogP) is 5.25. The highest BCUT2D eigenvalue weighted by Gasteiger charge is 2.54. The van der Waals surface area contributed by atoms with Gasteiger partial charge in [-0.1, -0.05) is 18.6 Å². The molecule has 4 fully saturated rings. The van der Waals surface area contributed by atoms with Crippen molar-refractivity contribution in [1.82, 2.24) is 15.1 Å².